The molecular formula is C15H21NO. The maximum Gasteiger partial charge on any atom is 0.0725 e. The Morgan fingerprint density at radius 2 is 2.12 bits per heavy atom. The summed E-state index contributed by atoms with van der Waals surface area (Å²) in [5, 5.41) is 3.65. The summed E-state index contributed by atoms with van der Waals surface area (Å²) in [4.78, 5) is 0. The molecule has 2 nitrogen and oxygen atoms in total. The van der Waals surface area contributed by atoms with Crippen molar-refractivity contribution >= 4 is 0 Å². The van der Waals surface area contributed by atoms with Gasteiger partial charge in [-0.2, -0.15) is 0 Å². The summed E-state index contributed by atoms with van der Waals surface area (Å²) >= 11 is 0. The Morgan fingerprint density at radius 1 is 1.29 bits per heavy atom. The number of rotatable bonds is 4. The zero-order chi connectivity index (χ0) is 11.7. The van der Waals surface area contributed by atoms with Gasteiger partial charge in [0, 0.05) is 6.04 Å². The van der Waals surface area contributed by atoms with E-state index in [1.165, 1.54) is 36.0 Å². The first kappa shape index (κ1) is 11.2. The van der Waals surface area contributed by atoms with Crippen molar-refractivity contribution in [3.8, 4) is 0 Å². The van der Waals surface area contributed by atoms with Crippen LogP contribution in [-0.4, -0.2) is 6.54 Å². The van der Waals surface area contributed by atoms with Gasteiger partial charge in [-0.1, -0.05) is 31.5 Å². The van der Waals surface area contributed by atoms with Gasteiger partial charge in [0.05, 0.1) is 13.2 Å². The van der Waals surface area contributed by atoms with Crippen molar-refractivity contribution in [2.45, 2.75) is 45.4 Å². The van der Waals surface area contributed by atoms with E-state index >= 15 is 0 Å². The molecule has 0 radical (unpaired) electrons. The first-order valence-electron chi connectivity index (χ1n) is 6.81. The molecule has 17 heavy (non-hydrogen) atoms. The molecule has 1 aliphatic heterocycles. The van der Waals surface area contributed by atoms with E-state index in [2.05, 4.69) is 30.4 Å². The number of fused-ring (bicyclic) bond motifs is 1. The number of hydrogen-bond donors (Lipinski definition) is 1. The summed E-state index contributed by atoms with van der Waals surface area (Å²) in [5.74, 6) is 0.843. The Hall–Kier alpha value is -0.860. The average molecular weight is 231 g/mol. The number of hydrogen-bond acceptors (Lipinski definition) is 2. The second kappa shape index (κ2) is 4.79. The molecule has 1 N–H and O–H groups in total. The zero-order valence-corrected chi connectivity index (χ0v) is 10.5. The second-order valence-corrected chi connectivity index (χ2v) is 5.25. The van der Waals surface area contributed by atoms with Crippen LogP contribution in [0.1, 0.15) is 48.9 Å². The summed E-state index contributed by atoms with van der Waals surface area (Å²) in [6.07, 6.45) is 4.16. The Morgan fingerprint density at radius 3 is 2.82 bits per heavy atom. The summed E-state index contributed by atoms with van der Waals surface area (Å²) in [6.45, 7) is 4.84. The molecule has 1 aliphatic carbocycles. The lowest BCUT2D eigenvalue weighted by Crippen LogP contribution is -2.32. The normalized spacial score (nSPS) is 21.0. The molecule has 1 heterocycles. The van der Waals surface area contributed by atoms with Crippen LogP contribution in [0.2, 0.25) is 0 Å². The van der Waals surface area contributed by atoms with Crippen molar-refractivity contribution in [3.05, 3.63) is 34.9 Å². The molecule has 2 aliphatic rings. The van der Waals surface area contributed by atoms with Crippen molar-refractivity contribution in [2.75, 3.05) is 6.54 Å². The third-order valence-electron chi connectivity index (χ3n) is 4.15. The molecule has 3 rings (SSSR count). The van der Waals surface area contributed by atoms with Gasteiger partial charge >= 0.3 is 0 Å². The van der Waals surface area contributed by atoms with Crippen molar-refractivity contribution in [1.82, 2.24) is 5.32 Å². The van der Waals surface area contributed by atoms with Crippen molar-refractivity contribution in [2.24, 2.45) is 5.92 Å². The van der Waals surface area contributed by atoms with Crippen LogP contribution in [0.4, 0.5) is 0 Å². The third-order valence-corrected chi connectivity index (χ3v) is 4.15. The zero-order valence-electron chi connectivity index (χ0n) is 10.5. The van der Waals surface area contributed by atoms with Gasteiger partial charge in [-0.15, -0.1) is 0 Å². The smallest absolute Gasteiger partial charge is 0.0725 e. The van der Waals surface area contributed by atoms with Crippen LogP contribution in [0.25, 0.3) is 0 Å². The Bertz CT molecular complexity index is 398. The summed E-state index contributed by atoms with van der Waals surface area (Å²) in [6, 6.07) is 7.45. The first-order valence-corrected chi connectivity index (χ1v) is 6.81. The van der Waals surface area contributed by atoms with Gasteiger partial charge in [0.2, 0.25) is 0 Å². The fraction of sp³-hybridized carbons (Fsp3) is 0.600. The Labute approximate surface area is 103 Å². The Balaban J connectivity index is 1.84. The minimum absolute atomic E-state index is 0.555. The van der Waals surface area contributed by atoms with Gasteiger partial charge in [-0.25, -0.2) is 0 Å². The van der Waals surface area contributed by atoms with E-state index in [0.717, 1.165) is 25.7 Å². The summed E-state index contributed by atoms with van der Waals surface area (Å²) in [5.41, 5.74) is 4.23. The maximum absolute atomic E-state index is 5.49. The highest BCUT2D eigenvalue weighted by Crippen LogP contribution is 2.38. The van der Waals surface area contributed by atoms with Crippen LogP contribution in [0, 0.1) is 5.92 Å². The molecule has 1 atom stereocenters. The molecule has 2 heteroatoms. The molecule has 0 bridgehead atoms. The lowest BCUT2D eigenvalue weighted by molar-refractivity contribution is 0.134. The quantitative estimate of drug-likeness (QED) is 0.859. The van der Waals surface area contributed by atoms with E-state index in [9.17, 15) is 0 Å². The van der Waals surface area contributed by atoms with Crippen LogP contribution in [-0.2, 0) is 18.0 Å². The lowest BCUT2D eigenvalue weighted by Gasteiger charge is -2.34. The predicted octanol–water partition coefficient (Wildman–Crippen LogP) is 3.17. The van der Waals surface area contributed by atoms with Crippen molar-refractivity contribution < 1.29 is 4.74 Å². The summed E-state index contributed by atoms with van der Waals surface area (Å²) in [7, 11) is 0. The fourth-order valence-electron chi connectivity index (χ4n) is 2.94. The largest absolute Gasteiger partial charge is 0.372 e. The van der Waals surface area contributed by atoms with Crippen LogP contribution < -0.4 is 5.32 Å². The van der Waals surface area contributed by atoms with Gasteiger partial charge in [0.15, 0.2) is 0 Å². The molecule has 0 amide bonds. The van der Waals surface area contributed by atoms with Crippen LogP contribution in [0.5, 0.6) is 0 Å². The number of benzene rings is 1. The SMILES string of the molecule is CCNC(c1ccc2c(c1)COC2)C1CCC1. The monoisotopic (exact) mass is 231 g/mol. The highest BCUT2D eigenvalue weighted by atomic mass is 16.5. The standard InChI is InChI=1S/C15H21NO/c1-2-16-15(11-4-3-5-11)12-6-7-13-9-17-10-14(13)8-12/h6-8,11,15-16H,2-5,9-10H2,1H3. The van der Waals surface area contributed by atoms with Gasteiger partial charge in [-0.3, -0.25) is 0 Å². The molecule has 1 aromatic rings. The minimum atomic E-state index is 0.555. The average Bonchev–Trinajstić information content (AvgIpc) is 2.72. The van der Waals surface area contributed by atoms with Gasteiger partial charge < -0.3 is 10.1 Å². The lowest BCUT2D eigenvalue weighted by atomic mass is 9.77. The van der Waals surface area contributed by atoms with Crippen LogP contribution in [0.15, 0.2) is 18.2 Å². The van der Waals surface area contributed by atoms with Crippen molar-refractivity contribution in [1.29, 1.82) is 0 Å². The minimum Gasteiger partial charge on any atom is -0.372 e. The highest BCUT2D eigenvalue weighted by molar-refractivity contribution is 5.35. The third kappa shape index (κ3) is 2.12. The van der Waals surface area contributed by atoms with E-state index in [4.69, 9.17) is 4.74 Å². The molecule has 1 fully saturated rings. The van der Waals surface area contributed by atoms with Gasteiger partial charge in [0.1, 0.15) is 0 Å². The molecular weight excluding hydrogens is 210 g/mol. The first-order chi connectivity index (χ1) is 8.38. The predicted molar refractivity (Wildman–Crippen MR) is 68.7 cm³/mol. The maximum atomic E-state index is 5.49. The molecule has 0 aromatic heterocycles. The molecule has 1 aromatic carbocycles. The van der Waals surface area contributed by atoms with Crippen molar-refractivity contribution in [3.63, 3.8) is 0 Å². The van der Waals surface area contributed by atoms with E-state index in [-0.39, 0.29) is 0 Å². The Kier molecular flexibility index (Phi) is 3.17. The second-order valence-electron chi connectivity index (χ2n) is 5.25. The number of nitrogens with one attached hydrogen (secondary N) is 1. The van der Waals surface area contributed by atoms with E-state index in [1.807, 2.05) is 0 Å². The fourth-order valence-corrected chi connectivity index (χ4v) is 2.94. The van der Waals surface area contributed by atoms with Gasteiger partial charge in [-0.05, 0) is 42.0 Å². The topological polar surface area (TPSA) is 21.3 Å². The molecule has 92 valence electrons. The van der Waals surface area contributed by atoms with Crippen LogP contribution >= 0.6 is 0 Å². The number of ether oxygens (including phenoxy) is 1. The molecule has 1 saturated carbocycles. The molecule has 0 spiro atoms. The van der Waals surface area contributed by atoms with E-state index in [1.54, 1.807) is 0 Å². The molecule has 0 saturated heterocycles. The van der Waals surface area contributed by atoms with E-state index in [0.29, 0.717) is 6.04 Å². The highest BCUT2D eigenvalue weighted by Gasteiger charge is 2.28. The van der Waals surface area contributed by atoms with Gasteiger partial charge in [0.25, 0.3) is 0 Å². The van der Waals surface area contributed by atoms with E-state index < -0.39 is 0 Å². The molecule has 1 unspecified atom stereocenters. The summed E-state index contributed by atoms with van der Waals surface area (Å²) < 4.78 is 5.49. The van der Waals surface area contributed by atoms with Crippen LogP contribution in [0.3, 0.4) is 0 Å².